The average Bonchev–Trinajstić information content (AvgIpc) is 2.65. The number of benzene rings is 1. The second kappa shape index (κ2) is 9.33. The van der Waals surface area contributed by atoms with E-state index in [0.29, 0.717) is 30.8 Å². The molecule has 2 aliphatic rings. The average molecular weight is 385 g/mol. The molecule has 1 N–H and O–H groups in total. The van der Waals surface area contributed by atoms with Crippen LogP contribution in [0.4, 0.5) is 0 Å². The zero-order valence-corrected chi connectivity index (χ0v) is 16.6. The molecule has 6 nitrogen and oxygen atoms in total. The second-order valence-electron chi connectivity index (χ2n) is 6.96. The normalized spacial score (nSPS) is 17.0. The van der Waals surface area contributed by atoms with Crippen molar-refractivity contribution in [2.45, 2.75) is 39.3 Å². The largest absolute Gasteiger partial charge is 0.493 e. The number of hydrogen-bond donors (Lipinski definition) is 1. The number of hydrogen-bond acceptors (Lipinski definition) is 5. The maximum atomic E-state index is 12.1. The van der Waals surface area contributed by atoms with Crippen molar-refractivity contribution in [1.29, 1.82) is 0 Å². The van der Waals surface area contributed by atoms with Crippen molar-refractivity contribution in [1.82, 2.24) is 10.2 Å². The van der Waals surface area contributed by atoms with Crippen LogP contribution in [0, 0.1) is 5.92 Å². The molecule has 0 saturated carbocycles. The van der Waals surface area contributed by atoms with Gasteiger partial charge in [-0.25, -0.2) is 0 Å². The standard InChI is InChI=1S/C19H28N2O4.ClH/c1-13(2)19(22)21-6-4-15(5-7-21)20-12-14-10-16(23-3)18-17(11-14)24-8-9-25-18;/h10-11,13,15,20H,4-9,12H2,1-3H3;1H. The Morgan fingerprint density at radius 2 is 1.96 bits per heavy atom. The fourth-order valence-corrected chi connectivity index (χ4v) is 3.36. The first-order chi connectivity index (χ1) is 12.1. The Kier molecular flexibility index (Phi) is 7.41. The summed E-state index contributed by atoms with van der Waals surface area (Å²) >= 11 is 0. The lowest BCUT2D eigenvalue weighted by molar-refractivity contribution is -0.135. The molecule has 0 aliphatic carbocycles. The number of amides is 1. The molecule has 0 atom stereocenters. The molecule has 1 saturated heterocycles. The topological polar surface area (TPSA) is 60.0 Å². The molecule has 7 heteroatoms. The van der Waals surface area contributed by atoms with E-state index < -0.39 is 0 Å². The van der Waals surface area contributed by atoms with E-state index in [1.54, 1.807) is 7.11 Å². The van der Waals surface area contributed by atoms with Gasteiger partial charge in [-0.1, -0.05) is 13.8 Å². The van der Waals surface area contributed by atoms with Gasteiger partial charge >= 0.3 is 0 Å². The minimum absolute atomic E-state index is 0. The summed E-state index contributed by atoms with van der Waals surface area (Å²) < 4.78 is 16.8. The fourth-order valence-electron chi connectivity index (χ4n) is 3.36. The molecular weight excluding hydrogens is 356 g/mol. The molecule has 0 radical (unpaired) electrons. The van der Waals surface area contributed by atoms with Gasteiger partial charge in [0.1, 0.15) is 13.2 Å². The molecular formula is C19H29ClN2O4. The van der Waals surface area contributed by atoms with E-state index in [2.05, 4.69) is 5.32 Å². The lowest BCUT2D eigenvalue weighted by Crippen LogP contribution is -2.45. The zero-order chi connectivity index (χ0) is 17.8. The predicted molar refractivity (Wildman–Crippen MR) is 103 cm³/mol. The van der Waals surface area contributed by atoms with Crippen molar-refractivity contribution in [3.05, 3.63) is 17.7 Å². The summed E-state index contributed by atoms with van der Waals surface area (Å²) in [6.45, 7) is 7.45. The summed E-state index contributed by atoms with van der Waals surface area (Å²) in [7, 11) is 1.65. The maximum absolute atomic E-state index is 12.1. The van der Waals surface area contributed by atoms with Crippen molar-refractivity contribution in [2.24, 2.45) is 5.92 Å². The van der Waals surface area contributed by atoms with E-state index in [4.69, 9.17) is 14.2 Å². The van der Waals surface area contributed by atoms with Crippen LogP contribution in [-0.2, 0) is 11.3 Å². The maximum Gasteiger partial charge on any atom is 0.225 e. The van der Waals surface area contributed by atoms with Crippen LogP contribution >= 0.6 is 12.4 Å². The number of carbonyl (C=O) groups excluding carboxylic acids is 1. The third-order valence-corrected chi connectivity index (χ3v) is 4.78. The predicted octanol–water partition coefficient (Wildman–Crippen LogP) is 2.62. The van der Waals surface area contributed by atoms with E-state index in [9.17, 15) is 4.79 Å². The number of piperidine rings is 1. The van der Waals surface area contributed by atoms with Crippen LogP contribution < -0.4 is 19.5 Å². The summed E-state index contributed by atoms with van der Waals surface area (Å²) in [5.74, 6) is 2.49. The molecule has 3 rings (SSSR count). The van der Waals surface area contributed by atoms with E-state index >= 15 is 0 Å². The van der Waals surface area contributed by atoms with Gasteiger partial charge in [0, 0.05) is 31.6 Å². The van der Waals surface area contributed by atoms with Gasteiger partial charge < -0.3 is 24.4 Å². The van der Waals surface area contributed by atoms with E-state index in [-0.39, 0.29) is 24.2 Å². The lowest BCUT2D eigenvalue weighted by Gasteiger charge is -2.33. The molecule has 1 fully saturated rings. The fraction of sp³-hybridized carbons (Fsp3) is 0.632. The Balaban J connectivity index is 0.00000243. The van der Waals surface area contributed by atoms with Crippen LogP contribution in [0.1, 0.15) is 32.3 Å². The smallest absolute Gasteiger partial charge is 0.225 e. The lowest BCUT2D eigenvalue weighted by atomic mass is 10.0. The molecule has 0 aromatic heterocycles. The van der Waals surface area contributed by atoms with Gasteiger partial charge in [0.05, 0.1) is 7.11 Å². The van der Waals surface area contributed by atoms with Crippen molar-refractivity contribution >= 4 is 18.3 Å². The van der Waals surface area contributed by atoms with Crippen molar-refractivity contribution in [3.8, 4) is 17.2 Å². The van der Waals surface area contributed by atoms with Crippen LogP contribution in [0.15, 0.2) is 12.1 Å². The quantitative estimate of drug-likeness (QED) is 0.845. The van der Waals surface area contributed by atoms with Crippen LogP contribution in [0.5, 0.6) is 17.2 Å². The van der Waals surface area contributed by atoms with Gasteiger partial charge in [-0.2, -0.15) is 0 Å². The first-order valence-corrected chi connectivity index (χ1v) is 9.07. The van der Waals surface area contributed by atoms with Gasteiger partial charge in [-0.3, -0.25) is 4.79 Å². The summed E-state index contributed by atoms with van der Waals surface area (Å²) in [6, 6.07) is 4.44. The van der Waals surface area contributed by atoms with Gasteiger partial charge in [0.15, 0.2) is 11.5 Å². The molecule has 2 heterocycles. The molecule has 146 valence electrons. The van der Waals surface area contributed by atoms with E-state index in [1.807, 2.05) is 30.9 Å². The van der Waals surface area contributed by atoms with Crippen LogP contribution in [0.2, 0.25) is 0 Å². The highest BCUT2D eigenvalue weighted by atomic mass is 35.5. The van der Waals surface area contributed by atoms with Crippen LogP contribution in [-0.4, -0.2) is 50.3 Å². The number of rotatable bonds is 5. The number of carbonyl (C=O) groups is 1. The summed E-state index contributed by atoms with van der Waals surface area (Å²) in [4.78, 5) is 14.0. The number of halogens is 1. The van der Waals surface area contributed by atoms with E-state index in [0.717, 1.165) is 43.8 Å². The minimum atomic E-state index is 0. The van der Waals surface area contributed by atoms with Gasteiger partial charge in [0.25, 0.3) is 0 Å². The number of fused-ring (bicyclic) bond motifs is 1. The number of methoxy groups -OCH3 is 1. The summed E-state index contributed by atoms with van der Waals surface area (Å²) in [5.41, 5.74) is 1.11. The molecule has 1 aromatic carbocycles. The second-order valence-corrected chi connectivity index (χ2v) is 6.96. The van der Waals surface area contributed by atoms with Gasteiger partial charge in [-0.05, 0) is 30.5 Å². The minimum Gasteiger partial charge on any atom is -0.493 e. The monoisotopic (exact) mass is 384 g/mol. The highest BCUT2D eigenvalue weighted by molar-refractivity contribution is 5.85. The molecule has 1 amide bonds. The number of likely N-dealkylation sites (tertiary alicyclic amines) is 1. The third-order valence-electron chi connectivity index (χ3n) is 4.78. The zero-order valence-electron chi connectivity index (χ0n) is 15.7. The molecule has 0 bridgehead atoms. The molecule has 2 aliphatic heterocycles. The third kappa shape index (κ3) is 4.74. The van der Waals surface area contributed by atoms with Gasteiger partial charge in [0.2, 0.25) is 11.7 Å². The number of ether oxygens (including phenoxy) is 3. The first kappa shape index (κ1) is 20.6. The van der Waals surface area contributed by atoms with Crippen LogP contribution in [0.3, 0.4) is 0 Å². The van der Waals surface area contributed by atoms with Gasteiger partial charge in [-0.15, -0.1) is 12.4 Å². The number of nitrogens with one attached hydrogen (secondary N) is 1. The number of nitrogens with zero attached hydrogens (tertiary/aromatic N) is 1. The van der Waals surface area contributed by atoms with E-state index in [1.165, 1.54) is 0 Å². The molecule has 0 unspecified atom stereocenters. The Hall–Kier alpha value is -1.66. The van der Waals surface area contributed by atoms with Crippen molar-refractivity contribution in [3.63, 3.8) is 0 Å². The first-order valence-electron chi connectivity index (χ1n) is 9.07. The molecule has 1 aromatic rings. The molecule has 26 heavy (non-hydrogen) atoms. The Labute approximate surface area is 161 Å². The summed E-state index contributed by atoms with van der Waals surface area (Å²) in [6.07, 6.45) is 1.97. The van der Waals surface area contributed by atoms with Crippen molar-refractivity contribution in [2.75, 3.05) is 33.4 Å². The highest BCUT2D eigenvalue weighted by Crippen LogP contribution is 2.40. The Morgan fingerprint density at radius 3 is 2.62 bits per heavy atom. The Morgan fingerprint density at radius 1 is 1.27 bits per heavy atom. The van der Waals surface area contributed by atoms with Crippen molar-refractivity contribution < 1.29 is 19.0 Å². The molecule has 0 spiro atoms. The SMILES string of the molecule is COc1cc(CNC2CCN(C(=O)C(C)C)CC2)cc2c1OCCO2.Cl. The Bertz CT molecular complexity index is 599. The highest BCUT2D eigenvalue weighted by Gasteiger charge is 2.24. The summed E-state index contributed by atoms with van der Waals surface area (Å²) in [5, 5.41) is 3.59. The van der Waals surface area contributed by atoms with Crippen LogP contribution in [0.25, 0.3) is 0 Å².